The number of carbonyl (C=O) groups excluding carboxylic acids is 1. The van der Waals surface area contributed by atoms with Crippen molar-refractivity contribution in [3.8, 4) is 0 Å². The van der Waals surface area contributed by atoms with Crippen LogP contribution in [0.25, 0.3) is 0 Å². The van der Waals surface area contributed by atoms with Gasteiger partial charge < -0.3 is 14.8 Å². The van der Waals surface area contributed by atoms with Gasteiger partial charge in [0.1, 0.15) is 0 Å². The molecule has 1 aliphatic heterocycles. The van der Waals surface area contributed by atoms with Crippen LogP contribution in [0, 0.1) is 5.92 Å². The minimum Gasteiger partial charge on any atom is -0.379 e. The molecule has 0 aliphatic carbocycles. The fraction of sp³-hybridized carbons (Fsp3) is 0.875. The first kappa shape index (κ1) is 10.4. The van der Waals surface area contributed by atoms with Gasteiger partial charge in [0, 0.05) is 20.2 Å². The van der Waals surface area contributed by atoms with Crippen molar-refractivity contribution in [2.75, 3.05) is 34.1 Å². The molecule has 5 heteroatoms. The summed E-state index contributed by atoms with van der Waals surface area (Å²) in [5, 5.41) is 5.70. The molecule has 1 aliphatic rings. The Morgan fingerprint density at radius 1 is 1.62 bits per heavy atom. The molecule has 0 bridgehead atoms. The molecule has 13 heavy (non-hydrogen) atoms. The molecule has 0 aromatic rings. The third-order valence-corrected chi connectivity index (χ3v) is 2.15. The van der Waals surface area contributed by atoms with E-state index in [-0.39, 0.29) is 17.9 Å². The van der Waals surface area contributed by atoms with E-state index in [2.05, 4.69) is 10.6 Å². The fourth-order valence-corrected chi connectivity index (χ4v) is 1.39. The van der Waals surface area contributed by atoms with E-state index in [1.165, 1.54) is 0 Å². The van der Waals surface area contributed by atoms with Crippen LogP contribution >= 0.6 is 0 Å². The summed E-state index contributed by atoms with van der Waals surface area (Å²) in [7, 11) is 3.24. The summed E-state index contributed by atoms with van der Waals surface area (Å²) in [6.45, 7) is 1.50. The van der Waals surface area contributed by atoms with Gasteiger partial charge >= 0.3 is 0 Å². The highest BCUT2D eigenvalue weighted by atomic mass is 16.5. The monoisotopic (exact) mass is 188 g/mol. The van der Waals surface area contributed by atoms with Gasteiger partial charge in [0.15, 0.2) is 0 Å². The Morgan fingerprint density at radius 2 is 2.38 bits per heavy atom. The van der Waals surface area contributed by atoms with Gasteiger partial charge in [-0.25, -0.2) is 0 Å². The number of hydrogen-bond acceptors (Lipinski definition) is 4. The summed E-state index contributed by atoms with van der Waals surface area (Å²) < 4.78 is 10.1. The topological polar surface area (TPSA) is 59.6 Å². The fourth-order valence-electron chi connectivity index (χ4n) is 1.39. The van der Waals surface area contributed by atoms with Gasteiger partial charge in [-0.15, -0.1) is 0 Å². The summed E-state index contributed by atoms with van der Waals surface area (Å²) in [6, 6.07) is 0.0694. The van der Waals surface area contributed by atoms with Gasteiger partial charge in [-0.3, -0.25) is 10.1 Å². The van der Waals surface area contributed by atoms with Crippen molar-refractivity contribution < 1.29 is 14.3 Å². The predicted molar refractivity (Wildman–Crippen MR) is 47.2 cm³/mol. The first-order valence-electron chi connectivity index (χ1n) is 4.31. The van der Waals surface area contributed by atoms with E-state index in [4.69, 9.17) is 9.47 Å². The summed E-state index contributed by atoms with van der Waals surface area (Å²) >= 11 is 0. The van der Waals surface area contributed by atoms with E-state index in [0.29, 0.717) is 19.9 Å². The number of methoxy groups -OCH3 is 1. The van der Waals surface area contributed by atoms with Gasteiger partial charge in [0.25, 0.3) is 0 Å². The van der Waals surface area contributed by atoms with E-state index >= 15 is 0 Å². The van der Waals surface area contributed by atoms with E-state index < -0.39 is 0 Å². The van der Waals surface area contributed by atoms with Crippen LogP contribution in [0.2, 0.25) is 0 Å². The Balaban J connectivity index is 2.39. The summed E-state index contributed by atoms with van der Waals surface area (Å²) in [5.74, 6) is -0.0775. The van der Waals surface area contributed by atoms with Gasteiger partial charge in [-0.05, 0) is 0 Å². The second kappa shape index (κ2) is 5.16. The van der Waals surface area contributed by atoms with E-state index in [0.717, 1.165) is 0 Å². The average molecular weight is 188 g/mol. The van der Waals surface area contributed by atoms with E-state index in [1.54, 1.807) is 14.2 Å². The highest BCUT2D eigenvalue weighted by molar-refractivity contribution is 5.79. The SMILES string of the molecule is CNC(=O)[C@@H]1COC[C@H]1NCOC. The highest BCUT2D eigenvalue weighted by Crippen LogP contribution is 2.13. The van der Waals surface area contributed by atoms with Crippen LogP contribution in [0.5, 0.6) is 0 Å². The normalized spacial score (nSPS) is 27.5. The van der Waals surface area contributed by atoms with Crippen LogP contribution < -0.4 is 10.6 Å². The number of ether oxygens (including phenoxy) is 2. The second-order valence-electron chi connectivity index (χ2n) is 3.00. The lowest BCUT2D eigenvalue weighted by atomic mass is 10.0. The molecule has 5 nitrogen and oxygen atoms in total. The van der Waals surface area contributed by atoms with Crippen LogP contribution in [0.3, 0.4) is 0 Å². The lowest BCUT2D eigenvalue weighted by Crippen LogP contribution is -2.43. The molecule has 1 saturated heterocycles. The molecule has 1 rings (SSSR count). The molecule has 0 aromatic carbocycles. The van der Waals surface area contributed by atoms with Gasteiger partial charge in [0.05, 0.1) is 25.9 Å². The third-order valence-electron chi connectivity index (χ3n) is 2.15. The molecule has 2 atom stereocenters. The molecule has 1 fully saturated rings. The lowest BCUT2D eigenvalue weighted by molar-refractivity contribution is -0.125. The molecule has 1 heterocycles. The van der Waals surface area contributed by atoms with Crippen LogP contribution in [-0.2, 0) is 14.3 Å². The lowest BCUT2D eigenvalue weighted by Gasteiger charge is -2.16. The van der Waals surface area contributed by atoms with Crippen molar-refractivity contribution in [2.45, 2.75) is 6.04 Å². The van der Waals surface area contributed by atoms with Gasteiger partial charge in [-0.1, -0.05) is 0 Å². The van der Waals surface area contributed by atoms with Crippen molar-refractivity contribution in [3.05, 3.63) is 0 Å². The van der Waals surface area contributed by atoms with E-state index in [1.807, 2.05) is 0 Å². The maximum atomic E-state index is 11.3. The molecule has 0 saturated carbocycles. The molecule has 0 radical (unpaired) electrons. The predicted octanol–water partition coefficient (Wildman–Crippen LogP) is -1.06. The van der Waals surface area contributed by atoms with E-state index in [9.17, 15) is 4.79 Å². The minimum absolute atomic E-state index is 0.0195. The number of rotatable bonds is 4. The molecule has 1 amide bonds. The molecular weight excluding hydrogens is 172 g/mol. The number of carbonyl (C=O) groups is 1. The van der Waals surface area contributed by atoms with Gasteiger partial charge in [-0.2, -0.15) is 0 Å². The Morgan fingerprint density at radius 3 is 3.00 bits per heavy atom. The summed E-state index contributed by atoms with van der Waals surface area (Å²) in [4.78, 5) is 11.3. The van der Waals surface area contributed by atoms with Crippen molar-refractivity contribution in [1.82, 2.24) is 10.6 Å². The summed E-state index contributed by atoms with van der Waals surface area (Å²) in [6.07, 6.45) is 0. The van der Waals surface area contributed by atoms with Crippen molar-refractivity contribution in [2.24, 2.45) is 5.92 Å². The standard InChI is InChI=1S/C8H16N2O3/c1-9-8(11)6-3-13-4-7(6)10-5-12-2/h6-7,10H,3-5H2,1-2H3,(H,9,11)/t6-,7-/m1/s1. The molecule has 0 spiro atoms. The molecular formula is C8H16N2O3. The van der Waals surface area contributed by atoms with Crippen molar-refractivity contribution >= 4 is 5.91 Å². The molecule has 2 N–H and O–H groups in total. The average Bonchev–Trinajstić information content (AvgIpc) is 2.61. The maximum Gasteiger partial charge on any atom is 0.226 e. The molecule has 0 unspecified atom stereocenters. The maximum absolute atomic E-state index is 11.3. The smallest absolute Gasteiger partial charge is 0.226 e. The van der Waals surface area contributed by atoms with Crippen LogP contribution in [0.15, 0.2) is 0 Å². The Labute approximate surface area is 77.8 Å². The zero-order chi connectivity index (χ0) is 9.68. The first-order valence-corrected chi connectivity index (χ1v) is 4.31. The first-order chi connectivity index (χ1) is 6.29. The number of amides is 1. The van der Waals surface area contributed by atoms with Crippen LogP contribution in [0.4, 0.5) is 0 Å². The van der Waals surface area contributed by atoms with Crippen molar-refractivity contribution in [3.63, 3.8) is 0 Å². The summed E-state index contributed by atoms with van der Waals surface area (Å²) in [5.41, 5.74) is 0. The Bertz CT molecular complexity index is 175. The highest BCUT2D eigenvalue weighted by Gasteiger charge is 2.32. The third kappa shape index (κ3) is 2.65. The molecule has 76 valence electrons. The number of hydrogen-bond donors (Lipinski definition) is 2. The van der Waals surface area contributed by atoms with Crippen molar-refractivity contribution in [1.29, 1.82) is 0 Å². The van der Waals surface area contributed by atoms with Crippen LogP contribution in [0.1, 0.15) is 0 Å². The quantitative estimate of drug-likeness (QED) is 0.552. The zero-order valence-electron chi connectivity index (χ0n) is 8.00. The molecule has 0 aromatic heterocycles. The Kier molecular flexibility index (Phi) is 4.14. The Hall–Kier alpha value is -0.650. The minimum atomic E-state index is -0.0971. The zero-order valence-corrected chi connectivity index (χ0v) is 8.00. The number of nitrogens with one attached hydrogen (secondary N) is 2. The second-order valence-corrected chi connectivity index (χ2v) is 3.00. The largest absolute Gasteiger partial charge is 0.379 e. The van der Waals surface area contributed by atoms with Gasteiger partial charge in [0.2, 0.25) is 5.91 Å². The van der Waals surface area contributed by atoms with Crippen LogP contribution in [-0.4, -0.2) is 46.1 Å².